The van der Waals surface area contributed by atoms with Crippen LogP contribution in [0.25, 0.3) is 0 Å². The number of aromatic nitrogens is 1. The van der Waals surface area contributed by atoms with Gasteiger partial charge in [-0.25, -0.2) is 4.79 Å². The minimum Gasteiger partial charge on any atom is -0.467 e. The monoisotopic (exact) mass is 366 g/mol. The van der Waals surface area contributed by atoms with Gasteiger partial charge in [0.05, 0.1) is 7.11 Å². The van der Waals surface area contributed by atoms with E-state index >= 15 is 0 Å². The number of hydrogen-bond acceptors (Lipinski definition) is 4. The quantitative estimate of drug-likeness (QED) is 0.482. The Bertz CT molecular complexity index is 921. The van der Waals surface area contributed by atoms with E-state index in [2.05, 4.69) is 21.9 Å². The molecule has 0 bridgehead atoms. The average Bonchev–Trinajstić information content (AvgIpc) is 2.68. The van der Waals surface area contributed by atoms with Crippen molar-refractivity contribution in [2.75, 3.05) is 7.11 Å². The molecular formula is C21H22N2O4. The lowest BCUT2D eigenvalue weighted by Gasteiger charge is -2.11. The molecule has 0 spiro atoms. The summed E-state index contributed by atoms with van der Waals surface area (Å²) in [6, 6.07) is 11.2. The first-order chi connectivity index (χ1) is 13.0. The van der Waals surface area contributed by atoms with Crippen LogP contribution < -0.4 is 10.9 Å². The molecule has 27 heavy (non-hydrogen) atoms. The minimum absolute atomic E-state index is 0.0228. The van der Waals surface area contributed by atoms with Crippen LogP contribution in [0.5, 0.6) is 0 Å². The molecule has 140 valence electrons. The molecule has 1 aromatic heterocycles. The highest BCUT2D eigenvalue weighted by atomic mass is 16.5. The van der Waals surface area contributed by atoms with Crippen molar-refractivity contribution in [1.82, 2.24) is 9.88 Å². The van der Waals surface area contributed by atoms with Gasteiger partial charge in [-0.2, -0.15) is 0 Å². The number of methoxy groups -OCH3 is 1. The van der Waals surface area contributed by atoms with Gasteiger partial charge in [0.2, 0.25) is 5.56 Å². The predicted octanol–water partition coefficient (Wildman–Crippen LogP) is 1.97. The number of carbonyl (C=O) groups is 2. The Kier molecular flexibility index (Phi) is 7.38. The van der Waals surface area contributed by atoms with Crippen LogP contribution in [0.2, 0.25) is 0 Å². The molecule has 0 unspecified atom stereocenters. The van der Waals surface area contributed by atoms with E-state index < -0.39 is 12.0 Å². The fraction of sp³-hybridized carbons (Fsp3) is 0.286. The van der Waals surface area contributed by atoms with Gasteiger partial charge in [-0.1, -0.05) is 24.0 Å². The summed E-state index contributed by atoms with van der Waals surface area (Å²) in [6.45, 7) is 2.17. The van der Waals surface area contributed by atoms with Gasteiger partial charge in [0, 0.05) is 36.4 Å². The first kappa shape index (κ1) is 20.0. The second kappa shape index (κ2) is 9.97. The number of benzene rings is 1. The zero-order valence-electron chi connectivity index (χ0n) is 15.4. The molecule has 0 aliphatic rings. The molecule has 2 rings (SSSR count). The van der Waals surface area contributed by atoms with Gasteiger partial charge in [-0.3, -0.25) is 9.59 Å². The van der Waals surface area contributed by atoms with E-state index in [4.69, 9.17) is 0 Å². The molecule has 1 aromatic carbocycles. The first-order valence-corrected chi connectivity index (χ1v) is 8.64. The zero-order chi connectivity index (χ0) is 19.6. The lowest BCUT2D eigenvalue weighted by atomic mass is 10.1. The number of pyridine rings is 1. The van der Waals surface area contributed by atoms with Gasteiger partial charge in [-0.15, -0.1) is 0 Å². The summed E-state index contributed by atoms with van der Waals surface area (Å²) in [5.41, 5.74) is 1.11. The van der Waals surface area contributed by atoms with E-state index in [1.165, 1.54) is 13.2 Å². The summed E-state index contributed by atoms with van der Waals surface area (Å²) >= 11 is 0. The van der Waals surface area contributed by atoms with Crippen LogP contribution in [0, 0.1) is 11.8 Å². The van der Waals surface area contributed by atoms with Crippen LogP contribution in [-0.2, 0) is 16.1 Å². The van der Waals surface area contributed by atoms with Gasteiger partial charge in [-0.05, 0) is 37.6 Å². The SMILES string of the molecule is COC(=O)[C@@H](C)NC(=O)c1cccc(C#CCCCn2ccccc2=O)c1. The standard InChI is InChI=1S/C21H22N2O4/c1-16(21(26)27-2)22-20(25)18-11-8-10-17(15-18)9-4-3-6-13-23-14-7-5-12-19(23)24/h5,7-8,10-12,14-16H,3,6,13H2,1-2H3,(H,22,25)/t16-/m1/s1. The minimum atomic E-state index is -0.723. The number of esters is 1. The lowest BCUT2D eigenvalue weighted by Crippen LogP contribution is -2.39. The van der Waals surface area contributed by atoms with Crippen molar-refractivity contribution in [2.45, 2.75) is 32.4 Å². The van der Waals surface area contributed by atoms with Crippen molar-refractivity contribution in [3.05, 3.63) is 70.1 Å². The fourth-order valence-electron chi connectivity index (χ4n) is 2.40. The van der Waals surface area contributed by atoms with E-state index in [1.807, 2.05) is 12.1 Å². The number of aryl methyl sites for hydroxylation is 1. The van der Waals surface area contributed by atoms with Crippen LogP contribution in [0.15, 0.2) is 53.5 Å². The number of ether oxygens (including phenoxy) is 1. The Labute approximate surface area is 158 Å². The molecule has 1 heterocycles. The maximum Gasteiger partial charge on any atom is 0.328 e. The molecule has 6 nitrogen and oxygen atoms in total. The summed E-state index contributed by atoms with van der Waals surface area (Å²) in [5.74, 6) is 5.21. The molecule has 1 N–H and O–H groups in total. The van der Waals surface area contributed by atoms with Crippen molar-refractivity contribution in [1.29, 1.82) is 0 Å². The second-order valence-corrected chi connectivity index (χ2v) is 5.94. The summed E-state index contributed by atoms with van der Waals surface area (Å²) in [4.78, 5) is 35.2. The van der Waals surface area contributed by atoms with Gasteiger partial charge >= 0.3 is 5.97 Å². The van der Waals surface area contributed by atoms with E-state index in [9.17, 15) is 14.4 Å². The second-order valence-electron chi connectivity index (χ2n) is 5.94. The molecule has 6 heteroatoms. The molecule has 0 radical (unpaired) electrons. The normalized spacial score (nSPS) is 11.0. The van der Waals surface area contributed by atoms with Crippen LogP contribution in [0.3, 0.4) is 0 Å². The van der Waals surface area contributed by atoms with E-state index in [1.54, 1.807) is 42.0 Å². The lowest BCUT2D eigenvalue weighted by molar-refractivity contribution is -0.142. The summed E-state index contributed by atoms with van der Waals surface area (Å²) in [5, 5.41) is 2.58. The molecular weight excluding hydrogens is 344 g/mol. The number of rotatable bonds is 6. The number of unbranched alkanes of at least 4 members (excludes halogenated alkanes) is 1. The van der Waals surface area contributed by atoms with E-state index in [-0.39, 0.29) is 11.5 Å². The third-order valence-corrected chi connectivity index (χ3v) is 3.86. The van der Waals surface area contributed by atoms with Crippen molar-refractivity contribution in [2.24, 2.45) is 0 Å². The highest BCUT2D eigenvalue weighted by Crippen LogP contribution is 2.05. The maximum atomic E-state index is 12.2. The molecule has 2 aromatic rings. The number of hydrogen-bond donors (Lipinski definition) is 1. The van der Waals surface area contributed by atoms with Gasteiger partial charge < -0.3 is 14.6 Å². The smallest absolute Gasteiger partial charge is 0.328 e. The Balaban J connectivity index is 1.91. The third kappa shape index (κ3) is 6.15. The molecule has 0 saturated heterocycles. The van der Waals surface area contributed by atoms with Crippen LogP contribution >= 0.6 is 0 Å². The van der Waals surface area contributed by atoms with Crippen LogP contribution in [0.1, 0.15) is 35.7 Å². The Hall–Kier alpha value is -3.33. The number of amides is 1. The topological polar surface area (TPSA) is 77.4 Å². The van der Waals surface area contributed by atoms with Crippen LogP contribution in [0.4, 0.5) is 0 Å². The van der Waals surface area contributed by atoms with Crippen molar-refractivity contribution in [3.8, 4) is 11.8 Å². The van der Waals surface area contributed by atoms with Crippen molar-refractivity contribution >= 4 is 11.9 Å². The van der Waals surface area contributed by atoms with Gasteiger partial charge in [0.1, 0.15) is 6.04 Å². The van der Waals surface area contributed by atoms with Gasteiger partial charge in [0.25, 0.3) is 5.91 Å². The molecule has 0 saturated carbocycles. The number of nitrogens with zero attached hydrogens (tertiary/aromatic N) is 1. The number of nitrogens with one attached hydrogen (secondary N) is 1. The van der Waals surface area contributed by atoms with Crippen molar-refractivity contribution in [3.63, 3.8) is 0 Å². The van der Waals surface area contributed by atoms with E-state index in [0.29, 0.717) is 24.1 Å². The Morgan fingerprint density at radius 1 is 1.22 bits per heavy atom. The highest BCUT2D eigenvalue weighted by Gasteiger charge is 2.16. The van der Waals surface area contributed by atoms with Gasteiger partial charge in [0.15, 0.2) is 0 Å². The summed E-state index contributed by atoms with van der Waals surface area (Å²) < 4.78 is 6.24. The Morgan fingerprint density at radius 2 is 2.04 bits per heavy atom. The highest BCUT2D eigenvalue weighted by molar-refractivity contribution is 5.96. The first-order valence-electron chi connectivity index (χ1n) is 8.64. The van der Waals surface area contributed by atoms with E-state index in [0.717, 1.165) is 6.42 Å². The molecule has 0 aliphatic carbocycles. The summed E-state index contributed by atoms with van der Waals surface area (Å²) in [7, 11) is 1.27. The van der Waals surface area contributed by atoms with Crippen molar-refractivity contribution < 1.29 is 14.3 Å². The molecule has 0 aliphatic heterocycles. The zero-order valence-corrected chi connectivity index (χ0v) is 15.4. The maximum absolute atomic E-state index is 12.2. The summed E-state index contributed by atoms with van der Waals surface area (Å²) in [6.07, 6.45) is 3.15. The largest absolute Gasteiger partial charge is 0.467 e. The molecule has 0 fully saturated rings. The predicted molar refractivity (Wildman–Crippen MR) is 102 cm³/mol. The van der Waals surface area contributed by atoms with Crippen LogP contribution in [-0.4, -0.2) is 29.6 Å². The molecule has 1 atom stereocenters. The fourth-order valence-corrected chi connectivity index (χ4v) is 2.40. The number of carbonyl (C=O) groups excluding carboxylic acids is 2. The molecule has 1 amide bonds. The Morgan fingerprint density at radius 3 is 2.78 bits per heavy atom. The average molecular weight is 366 g/mol. The third-order valence-electron chi connectivity index (χ3n) is 3.86.